The first-order chi connectivity index (χ1) is 7.58. The van der Waals surface area contributed by atoms with Crippen LogP contribution in [0.25, 0.3) is 11.0 Å². The fourth-order valence-corrected chi connectivity index (χ4v) is 1.61. The van der Waals surface area contributed by atoms with E-state index < -0.39 is 12.0 Å². The molecule has 2 aromatic rings. The van der Waals surface area contributed by atoms with Crippen molar-refractivity contribution in [3.05, 3.63) is 34.2 Å². The van der Waals surface area contributed by atoms with Gasteiger partial charge in [-0.3, -0.25) is 4.79 Å². The third-order valence-corrected chi connectivity index (χ3v) is 2.39. The lowest BCUT2D eigenvalue weighted by atomic mass is 10.1. The molecule has 0 saturated heterocycles. The van der Waals surface area contributed by atoms with Crippen molar-refractivity contribution in [1.82, 2.24) is 9.97 Å². The number of aliphatic carboxylic acids is 1. The van der Waals surface area contributed by atoms with Gasteiger partial charge in [0.1, 0.15) is 6.04 Å². The quantitative estimate of drug-likeness (QED) is 0.575. The summed E-state index contributed by atoms with van der Waals surface area (Å²) in [5.74, 6) is -1.06. The molecule has 5 N–H and O–H groups in total. The second-order valence-corrected chi connectivity index (χ2v) is 3.57. The van der Waals surface area contributed by atoms with Crippen molar-refractivity contribution >= 4 is 17.0 Å². The molecule has 0 aliphatic carbocycles. The third-order valence-electron chi connectivity index (χ3n) is 2.39. The highest BCUT2D eigenvalue weighted by Gasteiger charge is 2.14. The maximum absolute atomic E-state index is 11.1. The average Bonchev–Trinajstić information content (AvgIpc) is 2.59. The van der Waals surface area contributed by atoms with Crippen LogP contribution < -0.4 is 11.4 Å². The van der Waals surface area contributed by atoms with Crippen LogP contribution >= 0.6 is 0 Å². The average molecular weight is 221 g/mol. The first-order valence-corrected chi connectivity index (χ1v) is 4.76. The second kappa shape index (κ2) is 3.82. The molecule has 84 valence electrons. The molecule has 1 unspecified atom stereocenters. The predicted molar refractivity (Wildman–Crippen MR) is 58.2 cm³/mol. The van der Waals surface area contributed by atoms with Gasteiger partial charge in [-0.05, 0) is 11.6 Å². The number of aromatic amines is 2. The van der Waals surface area contributed by atoms with Crippen molar-refractivity contribution in [2.75, 3.05) is 0 Å². The predicted octanol–water partition coefficient (Wildman–Crippen LogP) is -0.189. The molecule has 16 heavy (non-hydrogen) atoms. The zero-order valence-corrected chi connectivity index (χ0v) is 8.36. The van der Waals surface area contributed by atoms with Gasteiger partial charge in [0.05, 0.1) is 11.0 Å². The molecule has 0 aliphatic heterocycles. The topological polar surface area (TPSA) is 112 Å². The van der Waals surface area contributed by atoms with Crippen LogP contribution in [0, 0.1) is 0 Å². The van der Waals surface area contributed by atoms with Crippen LogP contribution in [0.15, 0.2) is 23.0 Å². The Labute approximate surface area is 90.1 Å². The molecule has 0 radical (unpaired) electrons. The van der Waals surface area contributed by atoms with E-state index in [1.807, 2.05) is 0 Å². The number of nitrogens with two attached hydrogens (primary N) is 1. The molecule has 1 aromatic carbocycles. The van der Waals surface area contributed by atoms with Crippen molar-refractivity contribution in [3.8, 4) is 0 Å². The van der Waals surface area contributed by atoms with Gasteiger partial charge in [-0.2, -0.15) is 0 Å². The first-order valence-electron chi connectivity index (χ1n) is 4.76. The Bertz CT molecular complexity index is 584. The zero-order chi connectivity index (χ0) is 11.7. The summed E-state index contributed by atoms with van der Waals surface area (Å²) in [7, 11) is 0. The number of benzene rings is 1. The van der Waals surface area contributed by atoms with E-state index in [4.69, 9.17) is 10.8 Å². The van der Waals surface area contributed by atoms with Crippen LogP contribution in [0.4, 0.5) is 0 Å². The Balaban J connectivity index is 2.44. The molecule has 6 heteroatoms. The van der Waals surface area contributed by atoms with Gasteiger partial charge in [0.15, 0.2) is 0 Å². The van der Waals surface area contributed by atoms with Crippen molar-refractivity contribution < 1.29 is 9.90 Å². The maximum atomic E-state index is 11.1. The molecule has 1 aromatic heterocycles. The SMILES string of the molecule is NC(Cc1cccc2[nH]c(=O)[nH]c12)C(=O)O. The van der Waals surface area contributed by atoms with Crippen LogP contribution in [0.3, 0.4) is 0 Å². The van der Waals surface area contributed by atoms with Gasteiger partial charge in [-0.15, -0.1) is 0 Å². The lowest BCUT2D eigenvalue weighted by molar-refractivity contribution is -0.138. The summed E-state index contributed by atoms with van der Waals surface area (Å²) in [6, 6.07) is 4.26. The van der Waals surface area contributed by atoms with E-state index in [9.17, 15) is 9.59 Å². The molecule has 0 amide bonds. The number of nitrogens with one attached hydrogen (secondary N) is 2. The minimum atomic E-state index is -1.06. The van der Waals surface area contributed by atoms with Crippen LogP contribution in [0.2, 0.25) is 0 Å². The standard InChI is InChI=1S/C10H11N3O3/c11-6(9(14)15)4-5-2-1-3-7-8(5)13-10(16)12-7/h1-3,6H,4,11H2,(H,14,15)(H2,12,13,16). The zero-order valence-electron chi connectivity index (χ0n) is 8.36. The van der Waals surface area contributed by atoms with Gasteiger partial charge in [0.2, 0.25) is 0 Å². The number of imidazole rings is 1. The van der Waals surface area contributed by atoms with Gasteiger partial charge in [0, 0.05) is 6.42 Å². The van der Waals surface area contributed by atoms with Crippen LogP contribution in [0.5, 0.6) is 0 Å². The van der Waals surface area contributed by atoms with Gasteiger partial charge < -0.3 is 20.8 Å². The molecule has 6 nitrogen and oxygen atoms in total. The number of aromatic nitrogens is 2. The third kappa shape index (κ3) is 1.82. The molecular weight excluding hydrogens is 210 g/mol. The largest absolute Gasteiger partial charge is 0.480 e. The lowest BCUT2D eigenvalue weighted by Crippen LogP contribution is -2.32. The van der Waals surface area contributed by atoms with Crippen LogP contribution in [0.1, 0.15) is 5.56 Å². The smallest absolute Gasteiger partial charge is 0.323 e. The Morgan fingerprint density at radius 3 is 2.88 bits per heavy atom. The molecule has 0 spiro atoms. The molecule has 1 atom stereocenters. The Hall–Kier alpha value is -2.08. The van der Waals surface area contributed by atoms with Gasteiger partial charge >= 0.3 is 11.7 Å². The van der Waals surface area contributed by atoms with E-state index >= 15 is 0 Å². The van der Waals surface area contributed by atoms with E-state index in [-0.39, 0.29) is 12.1 Å². The number of carbonyl (C=O) groups is 1. The first kappa shape index (κ1) is 10.4. The number of fused-ring (bicyclic) bond motifs is 1. The molecule has 1 heterocycles. The number of hydrogen-bond acceptors (Lipinski definition) is 3. The van der Waals surface area contributed by atoms with E-state index in [1.165, 1.54) is 0 Å². The van der Waals surface area contributed by atoms with E-state index in [0.717, 1.165) is 0 Å². The Morgan fingerprint density at radius 2 is 2.19 bits per heavy atom. The van der Waals surface area contributed by atoms with E-state index in [2.05, 4.69) is 9.97 Å². The molecule has 0 aliphatic rings. The number of hydrogen-bond donors (Lipinski definition) is 4. The summed E-state index contributed by atoms with van der Waals surface area (Å²) in [6.07, 6.45) is 0.181. The summed E-state index contributed by atoms with van der Waals surface area (Å²) in [4.78, 5) is 27.0. The van der Waals surface area contributed by atoms with Gasteiger partial charge in [-0.25, -0.2) is 4.79 Å². The summed E-state index contributed by atoms with van der Waals surface area (Å²) in [5, 5.41) is 8.72. The number of para-hydroxylation sites is 1. The molecule has 2 rings (SSSR count). The molecule has 0 fully saturated rings. The van der Waals surface area contributed by atoms with E-state index in [0.29, 0.717) is 16.6 Å². The minimum Gasteiger partial charge on any atom is -0.480 e. The summed E-state index contributed by atoms with van der Waals surface area (Å²) in [5.41, 5.74) is 7.11. The Morgan fingerprint density at radius 1 is 1.44 bits per heavy atom. The van der Waals surface area contributed by atoms with Crippen molar-refractivity contribution in [2.45, 2.75) is 12.5 Å². The van der Waals surface area contributed by atoms with Gasteiger partial charge in [0.25, 0.3) is 0 Å². The van der Waals surface area contributed by atoms with Crippen LogP contribution in [-0.4, -0.2) is 27.1 Å². The van der Waals surface area contributed by atoms with Gasteiger partial charge in [-0.1, -0.05) is 12.1 Å². The fourth-order valence-electron chi connectivity index (χ4n) is 1.61. The number of rotatable bonds is 3. The monoisotopic (exact) mass is 221 g/mol. The number of carboxylic acid groups (broad SMARTS) is 1. The minimum absolute atomic E-state index is 0.181. The summed E-state index contributed by atoms with van der Waals surface area (Å²) in [6.45, 7) is 0. The molecule has 0 saturated carbocycles. The highest BCUT2D eigenvalue weighted by Crippen LogP contribution is 2.14. The fraction of sp³-hybridized carbons (Fsp3) is 0.200. The lowest BCUT2D eigenvalue weighted by Gasteiger charge is -2.06. The number of H-pyrrole nitrogens is 2. The molecule has 0 bridgehead atoms. The highest BCUT2D eigenvalue weighted by molar-refractivity contribution is 5.80. The normalized spacial score (nSPS) is 12.8. The number of carboxylic acids is 1. The highest BCUT2D eigenvalue weighted by atomic mass is 16.4. The van der Waals surface area contributed by atoms with Crippen molar-refractivity contribution in [1.29, 1.82) is 0 Å². The Kier molecular flexibility index (Phi) is 2.49. The maximum Gasteiger partial charge on any atom is 0.323 e. The second-order valence-electron chi connectivity index (χ2n) is 3.57. The van der Waals surface area contributed by atoms with Crippen molar-refractivity contribution in [2.24, 2.45) is 5.73 Å². The summed E-state index contributed by atoms with van der Waals surface area (Å²) < 4.78 is 0. The van der Waals surface area contributed by atoms with Crippen LogP contribution in [-0.2, 0) is 11.2 Å². The summed E-state index contributed by atoms with van der Waals surface area (Å²) >= 11 is 0. The van der Waals surface area contributed by atoms with Crippen molar-refractivity contribution in [3.63, 3.8) is 0 Å². The van der Waals surface area contributed by atoms with E-state index in [1.54, 1.807) is 18.2 Å². The molecular formula is C10H11N3O3.